The number of nitriles is 1. The zero-order valence-corrected chi connectivity index (χ0v) is 11.8. The van der Waals surface area contributed by atoms with Crippen molar-refractivity contribution >= 4 is 28.9 Å². The normalized spacial score (nSPS) is 10.0. The quantitative estimate of drug-likeness (QED) is 0.833. The standard InChI is InChI=1S/C15H11ClFN3O/c1-8-13(17)4-10(5-14(8)19)15(21)20-11-3-2-9(7-18)12(16)6-11/h2-6H,19H2,1H3,(H,20,21). The number of hydrogen-bond donors (Lipinski definition) is 2. The molecule has 0 heterocycles. The van der Waals surface area contributed by atoms with Crippen molar-refractivity contribution < 1.29 is 9.18 Å². The van der Waals surface area contributed by atoms with Crippen LogP contribution in [0, 0.1) is 24.1 Å². The van der Waals surface area contributed by atoms with Gasteiger partial charge in [-0.3, -0.25) is 4.79 Å². The van der Waals surface area contributed by atoms with Crippen LogP contribution in [0.4, 0.5) is 15.8 Å². The van der Waals surface area contributed by atoms with Crippen molar-refractivity contribution in [2.75, 3.05) is 11.1 Å². The Morgan fingerprint density at radius 3 is 2.67 bits per heavy atom. The first-order valence-electron chi connectivity index (χ1n) is 5.99. The molecule has 0 saturated carbocycles. The molecule has 0 radical (unpaired) electrons. The molecule has 0 fully saturated rings. The first kappa shape index (κ1) is 14.8. The van der Waals surface area contributed by atoms with Gasteiger partial charge in [0.1, 0.15) is 11.9 Å². The van der Waals surface area contributed by atoms with Crippen molar-refractivity contribution in [3.63, 3.8) is 0 Å². The summed E-state index contributed by atoms with van der Waals surface area (Å²) >= 11 is 5.88. The topological polar surface area (TPSA) is 78.9 Å². The highest BCUT2D eigenvalue weighted by Crippen LogP contribution is 2.22. The number of hydrogen-bond acceptors (Lipinski definition) is 3. The molecule has 0 aromatic heterocycles. The van der Waals surface area contributed by atoms with Crippen LogP contribution in [0.5, 0.6) is 0 Å². The smallest absolute Gasteiger partial charge is 0.255 e. The van der Waals surface area contributed by atoms with Gasteiger partial charge in [0.2, 0.25) is 0 Å². The second-order valence-electron chi connectivity index (χ2n) is 4.43. The molecule has 2 rings (SSSR count). The van der Waals surface area contributed by atoms with Crippen LogP contribution >= 0.6 is 11.6 Å². The lowest BCUT2D eigenvalue weighted by Gasteiger charge is -2.09. The van der Waals surface area contributed by atoms with Crippen molar-refractivity contribution in [3.8, 4) is 6.07 Å². The van der Waals surface area contributed by atoms with Crippen molar-refractivity contribution in [2.45, 2.75) is 6.92 Å². The predicted octanol–water partition coefficient (Wildman–Crippen LogP) is 3.49. The predicted molar refractivity (Wildman–Crippen MR) is 79.7 cm³/mol. The summed E-state index contributed by atoms with van der Waals surface area (Å²) in [7, 11) is 0. The van der Waals surface area contributed by atoms with Gasteiger partial charge in [-0.2, -0.15) is 5.26 Å². The van der Waals surface area contributed by atoms with E-state index in [0.29, 0.717) is 16.8 Å². The number of carbonyl (C=O) groups is 1. The highest BCUT2D eigenvalue weighted by atomic mass is 35.5. The molecule has 0 aliphatic rings. The lowest BCUT2D eigenvalue weighted by atomic mass is 10.1. The fourth-order valence-corrected chi connectivity index (χ4v) is 1.94. The van der Waals surface area contributed by atoms with Crippen molar-refractivity contribution in [3.05, 3.63) is 57.9 Å². The summed E-state index contributed by atoms with van der Waals surface area (Å²) in [6, 6.07) is 8.91. The first-order valence-corrected chi connectivity index (χ1v) is 6.37. The molecule has 0 saturated heterocycles. The van der Waals surface area contributed by atoms with Gasteiger partial charge in [0.05, 0.1) is 10.6 Å². The molecule has 106 valence electrons. The maximum Gasteiger partial charge on any atom is 0.255 e. The lowest BCUT2D eigenvalue weighted by Crippen LogP contribution is -2.13. The van der Waals surface area contributed by atoms with Gasteiger partial charge in [0.25, 0.3) is 5.91 Å². The number of anilines is 2. The Balaban J connectivity index is 2.26. The van der Waals surface area contributed by atoms with Gasteiger partial charge >= 0.3 is 0 Å². The average Bonchev–Trinajstić information content (AvgIpc) is 2.44. The van der Waals surface area contributed by atoms with E-state index in [-0.39, 0.29) is 16.3 Å². The van der Waals surface area contributed by atoms with Gasteiger partial charge in [-0.1, -0.05) is 11.6 Å². The summed E-state index contributed by atoms with van der Waals surface area (Å²) in [5, 5.41) is 11.6. The number of carbonyl (C=O) groups excluding carboxylic acids is 1. The monoisotopic (exact) mass is 303 g/mol. The Morgan fingerprint density at radius 1 is 1.38 bits per heavy atom. The molecular formula is C15H11ClFN3O. The van der Waals surface area contributed by atoms with E-state index < -0.39 is 11.7 Å². The van der Waals surface area contributed by atoms with E-state index in [1.54, 1.807) is 0 Å². The van der Waals surface area contributed by atoms with Crippen LogP contribution in [0.3, 0.4) is 0 Å². The summed E-state index contributed by atoms with van der Waals surface area (Å²) in [5.74, 6) is -1.06. The number of nitrogens with one attached hydrogen (secondary N) is 1. The number of amides is 1. The van der Waals surface area contributed by atoms with Crippen LogP contribution in [0.15, 0.2) is 30.3 Å². The molecule has 0 bridgehead atoms. The third-order valence-corrected chi connectivity index (χ3v) is 3.31. The zero-order valence-electron chi connectivity index (χ0n) is 11.1. The number of halogens is 2. The van der Waals surface area contributed by atoms with Crippen LogP contribution in [0.1, 0.15) is 21.5 Å². The molecule has 0 aliphatic heterocycles. The van der Waals surface area contributed by atoms with Crippen molar-refractivity contribution in [1.29, 1.82) is 5.26 Å². The maximum absolute atomic E-state index is 13.6. The highest BCUT2D eigenvalue weighted by Gasteiger charge is 2.12. The van der Waals surface area contributed by atoms with Gasteiger partial charge in [0, 0.05) is 22.5 Å². The Morgan fingerprint density at radius 2 is 2.10 bits per heavy atom. The largest absolute Gasteiger partial charge is 0.398 e. The molecule has 0 unspecified atom stereocenters. The summed E-state index contributed by atoms with van der Waals surface area (Å²) in [6.07, 6.45) is 0. The molecule has 21 heavy (non-hydrogen) atoms. The van der Waals surface area contributed by atoms with Gasteiger partial charge < -0.3 is 11.1 Å². The van der Waals surface area contributed by atoms with Crippen LogP contribution in [0.2, 0.25) is 5.02 Å². The van der Waals surface area contributed by atoms with Gasteiger partial charge in [-0.15, -0.1) is 0 Å². The van der Waals surface area contributed by atoms with Gasteiger partial charge in [-0.05, 0) is 37.3 Å². The first-order chi connectivity index (χ1) is 9.92. The van der Waals surface area contributed by atoms with E-state index in [9.17, 15) is 9.18 Å². The number of nitrogens with zero attached hydrogens (tertiary/aromatic N) is 1. The molecule has 3 N–H and O–H groups in total. The number of nitrogen functional groups attached to an aromatic ring is 1. The van der Waals surface area contributed by atoms with Crippen LogP contribution in [-0.2, 0) is 0 Å². The van der Waals surface area contributed by atoms with E-state index in [1.807, 2.05) is 6.07 Å². The maximum atomic E-state index is 13.6. The molecule has 0 atom stereocenters. The van der Waals surface area contributed by atoms with Crippen LogP contribution < -0.4 is 11.1 Å². The van der Waals surface area contributed by atoms with Crippen molar-refractivity contribution in [2.24, 2.45) is 0 Å². The third-order valence-electron chi connectivity index (χ3n) is 2.99. The minimum absolute atomic E-state index is 0.107. The number of nitrogens with two attached hydrogens (primary N) is 1. The minimum Gasteiger partial charge on any atom is -0.398 e. The van der Waals surface area contributed by atoms with Crippen molar-refractivity contribution in [1.82, 2.24) is 0 Å². The van der Waals surface area contributed by atoms with E-state index in [4.69, 9.17) is 22.6 Å². The summed E-state index contributed by atoms with van der Waals surface area (Å²) in [6.45, 7) is 1.53. The van der Waals surface area contributed by atoms with Crippen LogP contribution in [-0.4, -0.2) is 5.91 Å². The Hall–Kier alpha value is -2.58. The molecule has 6 heteroatoms. The Kier molecular flexibility index (Phi) is 4.10. The van der Waals surface area contributed by atoms with Gasteiger partial charge in [-0.25, -0.2) is 4.39 Å². The molecule has 0 aliphatic carbocycles. The van der Waals surface area contributed by atoms with Gasteiger partial charge in [0.15, 0.2) is 0 Å². The molecule has 1 amide bonds. The lowest BCUT2D eigenvalue weighted by molar-refractivity contribution is 0.102. The fraction of sp³-hybridized carbons (Fsp3) is 0.0667. The van der Waals surface area contributed by atoms with E-state index in [2.05, 4.69) is 5.32 Å². The Bertz CT molecular complexity index is 745. The van der Waals surface area contributed by atoms with E-state index in [1.165, 1.54) is 31.2 Å². The average molecular weight is 304 g/mol. The molecule has 2 aromatic carbocycles. The van der Waals surface area contributed by atoms with Crippen LogP contribution in [0.25, 0.3) is 0 Å². The fourth-order valence-electron chi connectivity index (χ4n) is 1.72. The minimum atomic E-state index is -0.544. The number of rotatable bonds is 2. The number of benzene rings is 2. The molecular weight excluding hydrogens is 293 g/mol. The second kappa shape index (κ2) is 5.81. The second-order valence-corrected chi connectivity index (χ2v) is 4.84. The summed E-state index contributed by atoms with van der Waals surface area (Å²) in [4.78, 5) is 12.1. The molecule has 0 spiro atoms. The Labute approximate surface area is 125 Å². The molecule has 4 nitrogen and oxygen atoms in total. The highest BCUT2D eigenvalue weighted by molar-refractivity contribution is 6.32. The SMILES string of the molecule is Cc1c(N)cc(C(=O)Nc2ccc(C#N)c(Cl)c2)cc1F. The summed E-state index contributed by atoms with van der Waals surface area (Å²) in [5.41, 5.74) is 6.96. The zero-order chi connectivity index (χ0) is 15.6. The van der Waals surface area contributed by atoms with E-state index >= 15 is 0 Å². The summed E-state index contributed by atoms with van der Waals surface area (Å²) < 4.78 is 13.6. The van der Waals surface area contributed by atoms with E-state index in [0.717, 1.165) is 6.07 Å². The third kappa shape index (κ3) is 3.12. The molecule has 2 aromatic rings.